The van der Waals surface area contributed by atoms with Crippen molar-refractivity contribution < 1.29 is 14.7 Å². The van der Waals surface area contributed by atoms with Crippen molar-refractivity contribution in [2.24, 2.45) is 11.8 Å². The van der Waals surface area contributed by atoms with E-state index in [2.05, 4.69) is 11.2 Å². The van der Waals surface area contributed by atoms with E-state index in [4.69, 9.17) is 11.5 Å². The molecule has 16 heavy (non-hydrogen) atoms. The van der Waals surface area contributed by atoms with Gasteiger partial charge in [0.15, 0.2) is 0 Å². The molecule has 0 bridgehead atoms. The molecule has 0 aromatic rings. The summed E-state index contributed by atoms with van der Waals surface area (Å²) in [4.78, 5) is 22.7. The SMILES string of the molecule is C#CCCNC(=O)[C@@H]1CCCC[C@@H]1C(=O)O. The number of carboxylic acids is 1. The molecule has 0 spiro atoms. The summed E-state index contributed by atoms with van der Waals surface area (Å²) in [5.41, 5.74) is 0. The van der Waals surface area contributed by atoms with Crippen LogP contribution in [0.5, 0.6) is 0 Å². The van der Waals surface area contributed by atoms with E-state index in [1.807, 2.05) is 0 Å². The molecule has 2 atom stereocenters. The number of carbonyl (C=O) groups excluding carboxylic acids is 1. The lowest BCUT2D eigenvalue weighted by Crippen LogP contribution is -2.40. The lowest BCUT2D eigenvalue weighted by Gasteiger charge is -2.27. The fourth-order valence-electron chi connectivity index (χ4n) is 2.13. The van der Waals surface area contributed by atoms with Crippen molar-refractivity contribution in [3.05, 3.63) is 0 Å². The predicted molar refractivity (Wildman–Crippen MR) is 59.5 cm³/mol. The first-order valence-electron chi connectivity index (χ1n) is 5.60. The zero-order valence-corrected chi connectivity index (χ0v) is 9.24. The minimum Gasteiger partial charge on any atom is -0.481 e. The van der Waals surface area contributed by atoms with Crippen LogP contribution >= 0.6 is 0 Å². The van der Waals surface area contributed by atoms with Crippen LogP contribution < -0.4 is 5.32 Å². The van der Waals surface area contributed by atoms with Crippen LogP contribution in [0.4, 0.5) is 0 Å². The van der Waals surface area contributed by atoms with Crippen molar-refractivity contribution in [2.75, 3.05) is 6.54 Å². The van der Waals surface area contributed by atoms with E-state index in [9.17, 15) is 9.59 Å². The third-order valence-electron chi connectivity index (χ3n) is 2.99. The summed E-state index contributed by atoms with van der Waals surface area (Å²) in [5.74, 6) is 0.487. The number of terminal acetylenes is 1. The number of carbonyl (C=O) groups is 2. The first-order valence-corrected chi connectivity index (χ1v) is 5.60. The highest BCUT2D eigenvalue weighted by molar-refractivity contribution is 5.84. The molecule has 0 aliphatic heterocycles. The Morgan fingerprint density at radius 3 is 2.50 bits per heavy atom. The monoisotopic (exact) mass is 223 g/mol. The van der Waals surface area contributed by atoms with Crippen molar-refractivity contribution in [3.8, 4) is 12.3 Å². The Morgan fingerprint density at radius 1 is 1.31 bits per heavy atom. The van der Waals surface area contributed by atoms with Gasteiger partial charge in [-0.3, -0.25) is 9.59 Å². The van der Waals surface area contributed by atoms with Crippen LogP contribution in [0.3, 0.4) is 0 Å². The molecule has 2 N–H and O–H groups in total. The smallest absolute Gasteiger partial charge is 0.307 e. The molecule has 1 rings (SSSR count). The Morgan fingerprint density at radius 2 is 1.94 bits per heavy atom. The van der Waals surface area contributed by atoms with Gasteiger partial charge >= 0.3 is 5.97 Å². The molecule has 0 aromatic carbocycles. The van der Waals surface area contributed by atoms with Gasteiger partial charge in [-0.05, 0) is 12.8 Å². The van der Waals surface area contributed by atoms with Gasteiger partial charge in [0.2, 0.25) is 5.91 Å². The topological polar surface area (TPSA) is 66.4 Å². The maximum absolute atomic E-state index is 11.7. The van der Waals surface area contributed by atoms with Crippen LogP contribution in [0.1, 0.15) is 32.1 Å². The Hall–Kier alpha value is -1.50. The molecule has 4 nitrogen and oxygen atoms in total. The minimum atomic E-state index is -0.864. The van der Waals surface area contributed by atoms with E-state index >= 15 is 0 Å². The predicted octanol–water partition coefficient (Wildman–Crippen LogP) is 1.02. The first-order chi connectivity index (χ1) is 7.66. The number of amides is 1. The molecular formula is C12H17NO3. The van der Waals surface area contributed by atoms with Crippen molar-refractivity contribution in [1.29, 1.82) is 0 Å². The standard InChI is InChI=1S/C12H17NO3/c1-2-3-8-13-11(14)9-6-4-5-7-10(9)12(15)16/h1,9-10H,3-8H2,(H,13,14)(H,15,16)/t9-,10+/m1/s1. The normalized spacial score (nSPS) is 24.4. The minimum absolute atomic E-state index is 0.164. The number of hydrogen-bond acceptors (Lipinski definition) is 2. The van der Waals surface area contributed by atoms with E-state index in [0.717, 1.165) is 12.8 Å². The average molecular weight is 223 g/mol. The molecule has 1 saturated carbocycles. The molecule has 0 unspecified atom stereocenters. The van der Waals surface area contributed by atoms with Crippen molar-refractivity contribution >= 4 is 11.9 Å². The van der Waals surface area contributed by atoms with Gasteiger partial charge in [-0.2, -0.15) is 0 Å². The van der Waals surface area contributed by atoms with Gasteiger partial charge in [0.05, 0.1) is 11.8 Å². The van der Waals surface area contributed by atoms with E-state index < -0.39 is 11.9 Å². The number of nitrogens with one attached hydrogen (secondary N) is 1. The molecule has 4 heteroatoms. The van der Waals surface area contributed by atoms with E-state index in [1.54, 1.807) is 0 Å². The Labute approximate surface area is 95.4 Å². The van der Waals surface area contributed by atoms with Gasteiger partial charge in [0.1, 0.15) is 0 Å². The molecule has 1 amide bonds. The summed E-state index contributed by atoms with van der Waals surface area (Å²) >= 11 is 0. The van der Waals surface area contributed by atoms with Gasteiger partial charge in [-0.25, -0.2) is 0 Å². The van der Waals surface area contributed by atoms with Gasteiger partial charge in [0, 0.05) is 13.0 Å². The molecule has 1 aliphatic rings. The molecule has 0 aromatic heterocycles. The molecule has 1 fully saturated rings. The average Bonchev–Trinajstić information content (AvgIpc) is 2.29. The highest BCUT2D eigenvalue weighted by Crippen LogP contribution is 2.30. The zero-order valence-electron chi connectivity index (χ0n) is 9.24. The highest BCUT2D eigenvalue weighted by atomic mass is 16.4. The fourth-order valence-corrected chi connectivity index (χ4v) is 2.13. The largest absolute Gasteiger partial charge is 0.481 e. The highest BCUT2D eigenvalue weighted by Gasteiger charge is 2.35. The van der Waals surface area contributed by atoms with Gasteiger partial charge in [0.25, 0.3) is 0 Å². The van der Waals surface area contributed by atoms with Crippen molar-refractivity contribution in [3.63, 3.8) is 0 Å². The third-order valence-corrected chi connectivity index (χ3v) is 2.99. The summed E-state index contributed by atoms with van der Waals surface area (Å²) in [7, 11) is 0. The van der Waals surface area contributed by atoms with Gasteiger partial charge in [-0.1, -0.05) is 12.8 Å². The second kappa shape index (κ2) is 6.16. The van der Waals surface area contributed by atoms with E-state index in [1.165, 1.54) is 0 Å². The van der Waals surface area contributed by atoms with Crippen LogP contribution in [0.25, 0.3) is 0 Å². The van der Waals surface area contributed by atoms with Crippen LogP contribution in [0.2, 0.25) is 0 Å². The molecule has 1 aliphatic carbocycles. The third kappa shape index (κ3) is 3.27. The molecule has 0 radical (unpaired) electrons. The second-order valence-corrected chi connectivity index (χ2v) is 4.08. The maximum atomic E-state index is 11.7. The quantitative estimate of drug-likeness (QED) is 0.552. The summed E-state index contributed by atoms with van der Waals surface area (Å²) in [6, 6.07) is 0. The van der Waals surface area contributed by atoms with E-state index in [-0.39, 0.29) is 11.8 Å². The summed E-state index contributed by atoms with van der Waals surface area (Å²) in [6.45, 7) is 0.429. The van der Waals surface area contributed by atoms with Gasteiger partial charge in [-0.15, -0.1) is 12.3 Å². The van der Waals surface area contributed by atoms with Gasteiger partial charge < -0.3 is 10.4 Å². The van der Waals surface area contributed by atoms with Crippen LogP contribution in [0.15, 0.2) is 0 Å². The van der Waals surface area contributed by atoms with Crippen molar-refractivity contribution in [1.82, 2.24) is 5.32 Å². The molecular weight excluding hydrogens is 206 g/mol. The lowest BCUT2D eigenvalue weighted by molar-refractivity contribution is -0.148. The Bertz CT molecular complexity index is 306. The lowest BCUT2D eigenvalue weighted by atomic mass is 9.79. The molecule has 0 heterocycles. The summed E-state index contributed by atoms with van der Waals surface area (Å²) < 4.78 is 0. The number of carboxylic acid groups (broad SMARTS) is 1. The van der Waals surface area contributed by atoms with Crippen LogP contribution in [-0.2, 0) is 9.59 Å². The fraction of sp³-hybridized carbons (Fsp3) is 0.667. The summed E-state index contributed by atoms with van der Waals surface area (Å²) in [5, 5.41) is 11.7. The number of aliphatic carboxylic acids is 1. The maximum Gasteiger partial charge on any atom is 0.307 e. The first kappa shape index (κ1) is 12.6. The molecule has 88 valence electrons. The van der Waals surface area contributed by atoms with Crippen LogP contribution in [0, 0.1) is 24.2 Å². The Balaban J connectivity index is 2.51. The molecule has 0 saturated heterocycles. The zero-order chi connectivity index (χ0) is 12.0. The Kier molecular flexibility index (Phi) is 4.84. The summed E-state index contributed by atoms with van der Waals surface area (Å²) in [6.07, 6.45) is 8.64. The second-order valence-electron chi connectivity index (χ2n) is 4.08. The number of rotatable bonds is 4. The van der Waals surface area contributed by atoms with Crippen LogP contribution in [-0.4, -0.2) is 23.5 Å². The van der Waals surface area contributed by atoms with Crippen molar-refractivity contribution in [2.45, 2.75) is 32.1 Å². The number of hydrogen-bond donors (Lipinski definition) is 2. The van der Waals surface area contributed by atoms with E-state index in [0.29, 0.717) is 25.8 Å².